The average molecular weight is 373 g/mol. The lowest BCUT2D eigenvalue weighted by Gasteiger charge is -2.29. The number of benzene rings is 2. The second kappa shape index (κ2) is 9.97. The molecule has 0 bridgehead atoms. The van der Waals surface area contributed by atoms with Crippen LogP contribution >= 0.6 is 11.6 Å². The second-order valence-corrected chi connectivity index (χ2v) is 6.71. The maximum absolute atomic E-state index is 12.7. The molecular formula is C21H25ClN2O2. The molecule has 0 radical (unpaired) electrons. The summed E-state index contributed by atoms with van der Waals surface area (Å²) in [5, 5.41) is 3.38. The first-order valence-corrected chi connectivity index (χ1v) is 9.26. The Morgan fingerprint density at radius 2 is 1.73 bits per heavy atom. The van der Waals surface area contributed by atoms with E-state index in [1.807, 2.05) is 42.2 Å². The molecule has 2 amide bonds. The van der Waals surface area contributed by atoms with Crippen LogP contribution in [-0.4, -0.2) is 29.3 Å². The zero-order valence-corrected chi connectivity index (χ0v) is 16.0. The maximum Gasteiger partial charge on any atom is 0.251 e. The van der Waals surface area contributed by atoms with Gasteiger partial charge in [0.1, 0.15) is 0 Å². The van der Waals surface area contributed by atoms with Crippen LogP contribution in [-0.2, 0) is 11.3 Å². The number of rotatable bonds is 8. The predicted octanol–water partition coefficient (Wildman–Crippen LogP) is 4.29. The minimum atomic E-state index is -0.201. The van der Waals surface area contributed by atoms with Crippen molar-refractivity contribution in [3.8, 4) is 0 Å². The Balaban J connectivity index is 1.90. The van der Waals surface area contributed by atoms with Gasteiger partial charge in [0.15, 0.2) is 0 Å². The van der Waals surface area contributed by atoms with Crippen LogP contribution in [0.1, 0.15) is 42.6 Å². The third-order valence-electron chi connectivity index (χ3n) is 4.37. The molecular weight excluding hydrogens is 348 g/mol. The van der Waals surface area contributed by atoms with Gasteiger partial charge in [-0.2, -0.15) is 0 Å². The smallest absolute Gasteiger partial charge is 0.251 e. The Bertz CT molecular complexity index is 717. The minimum Gasteiger partial charge on any atom is -0.352 e. The molecule has 0 aliphatic carbocycles. The van der Waals surface area contributed by atoms with Crippen LogP contribution in [0.15, 0.2) is 54.6 Å². The fourth-order valence-corrected chi connectivity index (χ4v) is 2.75. The van der Waals surface area contributed by atoms with Crippen molar-refractivity contribution < 1.29 is 9.59 Å². The maximum atomic E-state index is 12.7. The molecule has 0 saturated carbocycles. The van der Waals surface area contributed by atoms with Gasteiger partial charge in [-0.1, -0.05) is 48.9 Å². The van der Waals surface area contributed by atoms with E-state index in [4.69, 9.17) is 11.6 Å². The van der Waals surface area contributed by atoms with Crippen LogP contribution in [0.5, 0.6) is 0 Å². The van der Waals surface area contributed by atoms with Gasteiger partial charge in [-0.25, -0.2) is 0 Å². The first kappa shape index (κ1) is 20.0. The molecule has 0 saturated heterocycles. The largest absolute Gasteiger partial charge is 0.352 e. The molecule has 138 valence electrons. The molecule has 1 atom stereocenters. The van der Waals surface area contributed by atoms with Gasteiger partial charge in [-0.3, -0.25) is 9.59 Å². The zero-order valence-electron chi connectivity index (χ0n) is 15.2. The normalized spacial score (nSPS) is 11.7. The Labute approximate surface area is 160 Å². The fraction of sp³-hybridized carbons (Fsp3) is 0.333. The average Bonchev–Trinajstić information content (AvgIpc) is 2.66. The SMILES string of the molecule is CCC(C)N(Cc1ccccc1)C(=O)CCNC(=O)c1ccc(Cl)cc1. The van der Waals surface area contributed by atoms with Gasteiger partial charge in [-0.05, 0) is 43.2 Å². The first-order chi connectivity index (χ1) is 12.5. The van der Waals surface area contributed by atoms with Crippen molar-refractivity contribution in [1.29, 1.82) is 0 Å². The van der Waals surface area contributed by atoms with E-state index in [-0.39, 0.29) is 24.3 Å². The monoisotopic (exact) mass is 372 g/mol. The first-order valence-electron chi connectivity index (χ1n) is 8.88. The molecule has 0 aliphatic heterocycles. The van der Waals surface area contributed by atoms with Crippen molar-refractivity contribution in [3.63, 3.8) is 0 Å². The fourth-order valence-electron chi connectivity index (χ4n) is 2.62. The van der Waals surface area contributed by atoms with E-state index < -0.39 is 0 Å². The molecule has 0 heterocycles. The number of halogens is 1. The molecule has 0 spiro atoms. The molecule has 2 aromatic carbocycles. The third-order valence-corrected chi connectivity index (χ3v) is 4.62. The van der Waals surface area contributed by atoms with E-state index in [1.54, 1.807) is 24.3 Å². The summed E-state index contributed by atoms with van der Waals surface area (Å²) >= 11 is 5.83. The lowest BCUT2D eigenvalue weighted by Crippen LogP contribution is -2.39. The van der Waals surface area contributed by atoms with Crippen molar-refractivity contribution >= 4 is 23.4 Å². The Morgan fingerprint density at radius 1 is 1.08 bits per heavy atom. The van der Waals surface area contributed by atoms with Gasteiger partial charge < -0.3 is 10.2 Å². The van der Waals surface area contributed by atoms with Gasteiger partial charge >= 0.3 is 0 Å². The van der Waals surface area contributed by atoms with Crippen molar-refractivity contribution in [1.82, 2.24) is 10.2 Å². The summed E-state index contributed by atoms with van der Waals surface area (Å²) in [5.74, 6) is -0.160. The number of hydrogen-bond acceptors (Lipinski definition) is 2. The van der Waals surface area contributed by atoms with Crippen LogP contribution in [0.25, 0.3) is 0 Å². The van der Waals surface area contributed by atoms with Gasteiger partial charge in [0.25, 0.3) is 5.91 Å². The molecule has 2 aromatic rings. The summed E-state index contributed by atoms with van der Waals surface area (Å²) in [4.78, 5) is 26.7. The molecule has 0 fully saturated rings. The van der Waals surface area contributed by atoms with Crippen molar-refractivity contribution in [2.45, 2.75) is 39.3 Å². The van der Waals surface area contributed by atoms with Crippen LogP contribution in [0.2, 0.25) is 5.02 Å². The summed E-state index contributed by atoms with van der Waals surface area (Å²) in [6.07, 6.45) is 1.16. The van der Waals surface area contributed by atoms with E-state index in [9.17, 15) is 9.59 Å². The van der Waals surface area contributed by atoms with E-state index >= 15 is 0 Å². The second-order valence-electron chi connectivity index (χ2n) is 6.28. The quantitative estimate of drug-likeness (QED) is 0.751. The summed E-state index contributed by atoms with van der Waals surface area (Å²) in [6.45, 7) is 5.01. The van der Waals surface area contributed by atoms with Gasteiger partial charge in [-0.15, -0.1) is 0 Å². The highest BCUT2D eigenvalue weighted by atomic mass is 35.5. The Morgan fingerprint density at radius 3 is 2.35 bits per heavy atom. The molecule has 5 heteroatoms. The minimum absolute atomic E-state index is 0.0413. The molecule has 26 heavy (non-hydrogen) atoms. The van der Waals surface area contributed by atoms with Crippen molar-refractivity contribution in [2.75, 3.05) is 6.54 Å². The number of hydrogen-bond donors (Lipinski definition) is 1. The summed E-state index contributed by atoms with van der Waals surface area (Å²) in [6, 6.07) is 16.8. The van der Waals surface area contributed by atoms with E-state index in [0.29, 0.717) is 23.7 Å². The highest BCUT2D eigenvalue weighted by Crippen LogP contribution is 2.13. The number of carbonyl (C=O) groups excluding carboxylic acids is 2. The number of amides is 2. The third kappa shape index (κ3) is 5.88. The van der Waals surface area contributed by atoms with Crippen molar-refractivity contribution in [2.24, 2.45) is 0 Å². The van der Waals surface area contributed by atoms with E-state index in [1.165, 1.54) is 0 Å². The number of carbonyl (C=O) groups is 2. The molecule has 1 unspecified atom stereocenters. The van der Waals surface area contributed by atoms with Crippen molar-refractivity contribution in [3.05, 3.63) is 70.7 Å². The van der Waals surface area contributed by atoms with Crippen LogP contribution in [0.4, 0.5) is 0 Å². The van der Waals surface area contributed by atoms with Gasteiger partial charge in [0, 0.05) is 36.1 Å². The van der Waals surface area contributed by atoms with E-state index in [2.05, 4.69) is 12.2 Å². The predicted molar refractivity (Wildman–Crippen MR) is 105 cm³/mol. The lowest BCUT2D eigenvalue weighted by molar-refractivity contribution is -0.133. The van der Waals surface area contributed by atoms with Crippen LogP contribution in [0, 0.1) is 0 Å². The lowest BCUT2D eigenvalue weighted by atomic mass is 10.1. The summed E-state index contributed by atoms with van der Waals surface area (Å²) in [7, 11) is 0. The number of nitrogens with zero attached hydrogens (tertiary/aromatic N) is 1. The molecule has 4 nitrogen and oxygen atoms in total. The van der Waals surface area contributed by atoms with Gasteiger partial charge in [0.2, 0.25) is 5.91 Å². The highest BCUT2D eigenvalue weighted by molar-refractivity contribution is 6.30. The molecule has 2 rings (SSSR count). The zero-order chi connectivity index (χ0) is 18.9. The molecule has 0 aliphatic rings. The Hall–Kier alpha value is -2.33. The number of nitrogens with one attached hydrogen (secondary N) is 1. The summed E-state index contributed by atoms with van der Waals surface area (Å²) < 4.78 is 0. The highest BCUT2D eigenvalue weighted by Gasteiger charge is 2.19. The standard InChI is InChI=1S/C21H25ClN2O2/c1-3-16(2)24(15-17-7-5-4-6-8-17)20(25)13-14-23-21(26)18-9-11-19(22)12-10-18/h4-12,16H,3,13-15H2,1-2H3,(H,23,26). The van der Waals surface area contributed by atoms with Gasteiger partial charge in [0.05, 0.1) is 0 Å². The Kier molecular flexibility index (Phi) is 7.67. The van der Waals surface area contributed by atoms with Crippen LogP contribution < -0.4 is 5.32 Å². The van der Waals surface area contributed by atoms with Crippen LogP contribution in [0.3, 0.4) is 0 Å². The topological polar surface area (TPSA) is 49.4 Å². The molecule has 0 aromatic heterocycles. The molecule has 1 N–H and O–H groups in total. The summed E-state index contributed by atoms with van der Waals surface area (Å²) in [5.41, 5.74) is 1.64. The van der Waals surface area contributed by atoms with E-state index in [0.717, 1.165) is 12.0 Å².